The summed E-state index contributed by atoms with van der Waals surface area (Å²) in [7, 11) is 0. The quantitative estimate of drug-likeness (QED) is 0.129. The molecule has 0 fully saturated rings. The van der Waals surface area contributed by atoms with Crippen molar-refractivity contribution >= 4 is 34.3 Å². The minimum atomic E-state index is 0.101. The molecule has 0 radical (unpaired) electrons. The van der Waals surface area contributed by atoms with Crippen molar-refractivity contribution in [2.75, 3.05) is 0 Å². The number of allylic oxidation sites excluding steroid dienone is 7. The Labute approximate surface area is 274 Å². The van der Waals surface area contributed by atoms with Gasteiger partial charge in [0.2, 0.25) is 0 Å². The van der Waals surface area contributed by atoms with Gasteiger partial charge in [-0.3, -0.25) is 0 Å². The molecule has 0 aliphatic rings. The third-order valence-corrected chi connectivity index (χ3v) is 10.8. The average Bonchev–Trinajstić information content (AvgIpc) is 3.65. The molecule has 0 N–H and O–H groups in total. The van der Waals surface area contributed by atoms with Gasteiger partial charge in [-0.1, -0.05) is 91.2 Å². The largest absolute Gasteiger partial charge is 0.192 e. The molecule has 2 unspecified atom stereocenters. The predicted octanol–water partition coefficient (Wildman–Crippen LogP) is 11.7. The van der Waals surface area contributed by atoms with E-state index in [1.807, 2.05) is 54.7 Å². The minimum absolute atomic E-state index is 0.101. The summed E-state index contributed by atoms with van der Waals surface area (Å²) >= 11 is 3.51. The van der Waals surface area contributed by atoms with E-state index in [0.717, 1.165) is 36.1 Å². The van der Waals surface area contributed by atoms with Crippen LogP contribution in [0.4, 0.5) is 0 Å². The fourth-order valence-electron chi connectivity index (χ4n) is 5.39. The van der Waals surface area contributed by atoms with Crippen LogP contribution < -0.4 is 0 Å². The Morgan fingerprint density at radius 1 is 0.750 bits per heavy atom. The van der Waals surface area contributed by atoms with Crippen molar-refractivity contribution in [3.8, 4) is 34.0 Å². The molecule has 2 aromatic heterocycles. The molecule has 44 heavy (non-hydrogen) atoms. The van der Waals surface area contributed by atoms with Crippen LogP contribution in [-0.2, 0) is 12.8 Å². The van der Waals surface area contributed by atoms with Gasteiger partial charge >= 0.3 is 0 Å². The maximum Gasteiger partial charge on any atom is 0.131 e. The summed E-state index contributed by atoms with van der Waals surface area (Å²) in [6.07, 6.45) is 19.1. The van der Waals surface area contributed by atoms with Crippen molar-refractivity contribution in [2.45, 2.75) is 106 Å². The standard InChI is InChI=1S/C38H46N4S2/c1-7-11-13-29(9-3)21-34-35(22-30(10-4)14-12-8-2)38(36-18-17-33(43-36)20-32(25-41)26-42)44-37(34)28(6)16-15-27(5)19-31(23-39)24-40/h15-20,29-30H,7-14,21-22H2,1-6H3/b27-15+,28-16+. The Kier molecular flexibility index (Phi) is 16.2. The van der Waals surface area contributed by atoms with E-state index in [1.165, 1.54) is 69.9 Å². The topological polar surface area (TPSA) is 95.2 Å². The van der Waals surface area contributed by atoms with Crippen molar-refractivity contribution < 1.29 is 0 Å². The van der Waals surface area contributed by atoms with Crippen LogP contribution in [0.3, 0.4) is 0 Å². The summed E-state index contributed by atoms with van der Waals surface area (Å²) in [5.74, 6) is 1.23. The number of nitrogens with zero attached hydrogens (tertiary/aromatic N) is 4. The van der Waals surface area contributed by atoms with Gasteiger partial charge in [0.25, 0.3) is 0 Å². The van der Waals surface area contributed by atoms with Gasteiger partial charge in [0.05, 0.1) is 0 Å². The van der Waals surface area contributed by atoms with Crippen molar-refractivity contribution in [3.05, 3.63) is 68.0 Å². The highest BCUT2D eigenvalue weighted by molar-refractivity contribution is 7.23. The van der Waals surface area contributed by atoms with Crippen LogP contribution in [0.5, 0.6) is 0 Å². The molecule has 0 saturated heterocycles. The van der Waals surface area contributed by atoms with Crippen LogP contribution in [0.15, 0.2) is 47.1 Å². The highest BCUT2D eigenvalue weighted by atomic mass is 32.1. The van der Waals surface area contributed by atoms with Gasteiger partial charge in [0.15, 0.2) is 0 Å². The van der Waals surface area contributed by atoms with Gasteiger partial charge in [0, 0.05) is 19.5 Å². The van der Waals surface area contributed by atoms with E-state index in [4.69, 9.17) is 0 Å². The molecule has 230 valence electrons. The van der Waals surface area contributed by atoms with Crippen molar-refractivity contribution in [1.82, 2.24) is 0 Å². The second-order valence-corrected chi connectivity index (χ2v) is 13.6. The predicted molar refractivity (Wildman–Crippen MR) is 188 cm³/mol. The molecule has 2 heterocycles. The molecule has 4 nitrogen and oxygen atoms in total. The lowest BCUT2D eigenvalue weighted by molar-refractivity contribution is 0.435. The summed E-state index contributed by atoms with van der Waals surface area (Å²) in [6.45, 7) is 13.2. The van der Waals surface area contributed by atoms with Crippen LogP contribution in [0.2, 0.25) is 0 Å². The van der Waals surface area contributed by atoms with Gasteiger partial charge in [-0.15, -0.1) is 22.7 Å². The fraction of sp³-hybridized carbons (Fsp3) is 0.474. The molecule has 2 atom stereocenters. The Morgan fingerprint density at radius 2 is 1.32 bits per heavy atom. The SMILES string of the molecule is CCCCC(CC)Cc1c(/C(C)=C/C=C(\C)C=C(C#N)C#N)sc(-c2ccc(C=C(C#N)C#N)s2)c1CC(CC)CCCC. The zero-order valence-electron chi connectivity index (χ0n) is 27.3. The number of rotatable bonds is 17. The summed E-state index contributed by atoms with van der Waals surface area (Å²) in [4.78, 5) is 4.71. The van der Waals surface area contributed by atoms with Gasteiger partial charge < -0.3 is 0 Å². The van der Waals surface area contributed by atoms with Crippen molar-refractivity contribution in [1.29, 1.82) is 21.0 Å². The average molecular weight is 623 g/mol. The first kappa shape index (κ1) is 36.5. The van der Waals surface area contributed by atoms with Gasteiger partial charge in [0.1, 0.15) is 35.4 Å². The molecular formula is C38H46N4S2. The molecule has 2 aromatic rings. The maximum absolute atomic E-state index is 9.31. The Hall–Kier alpha value is -3.68. The number of hydrogen-bond acceptors (Lipinski definition) is 6. The zero-order valence-corrected chi connectivity index (χ0v) is 28.9. The van der Waals surface area contributed by atoms with Gasteiger partial charge in [-0.25, -0.2) is 0 Å². The molecule has 0 amide bonds. The number of unbranched alkanes of at least 4 members (excludes halogenated alkanes) is 2. The maximum atomic E-state index is 9.31. The second-order valence-electron chi connectivity index (χ2n) is 11.5. The van der Waals surface area contributed by atoms with Crippen LogP contribution in [0.1, 0.15) is 114 Å². The van der Waals surface area contributed by atoms with E-state index >= 15 is 0 Å². The van der Waals surface area contributed by atoms with Gasteiger partial charge in [-0.05, 0) is 85.1 Å². The normalized spacial score (nSPS) is 12.8. The molecule has 0 spiro atoms. The molecule has 0 aliphatic carbocycles. The first-order valence-electron chi connectivity index (χ1n) is 15.9. The van der Waals surface area contributed by atoms with Crippen LogP contribution in [0.25, 0.3) is 21.4 Å². The van der Waals surface area contributed by atoms with Crippen molar-refractivity contribution in [2.24, 2.45) is 11.8 Å². The Bertz CT molecular complexity index is 1500. The van der Waals surface area contributed by atoms with Crippen LogP contribution >= 0.6 is 22.7 Å². The van der Waals surface area contributed by atoms with E-state index in [2.05, 4.69) is 46.8 Å². The first-order valence-corrected chi connectivity index (χ1v) is 17.6. The van der Waals surface area contributed by atoms with E-state index in [0.29, 0.717) is 11.8 Å². The number of hydrogen-bond donors (Lipinski definition) is 0. The van der Waals surface area contributed by atoms with E-state index < -0.39 is 0 Å². The molecule has 6 heteroatoms. The highest BCUT2D eigenvalue weighted by Gasteiger charge is 2.25. The van der Waals surface area contributed by atoms with E-state index in [-0.39, 0.29) is 11.1 Å². The summed E-state index contributed by atoms with van der Waals surface area (Å²) in [6, 6.07) is 12.0. The third kappa shape index (κ3) is 10.8. The lowest BCUT2D eigenvalue weighted by atomic mass is 9.84. The number of nitriles is 4. The molecule has 2 rings (SSSR count). The number of thiophene rings is 2. The lowest BCUT2D eigenvalue weighted by Crippen LogP contribution is -2.10. The smallest absolute Gasteiger partial charge is 0.131 e. The zero-order chi connectivity index (χ0) is 32.5. The summed E-state index contributed by atoms with van der Waals surface area (Å²) in [5.41, 5.74) is 5.19. The van der Waals surface area contributed by atoms with Crippen LogP contribution in [0, 0.1) is 57.2 Å². The monoisotopic (exact) mass is 622 g/mol. The molecular weight excluding hydrogens is 577 g/mol. The summed E-state index contributed by atoms with van der Waals surface area (Å²) < 4.78 is 0. The highest BCUT2D eigenvalue weighted by Crippen LogP contribution is 2.45. The molecule has 0 aromatic carbocycles. The Balaban J connectivity index is 2.82. The van der Waals surface area contributed by atoms with Crippen LogP contribution in [-0.4, -0.2) is 0 Å². The third-order valence-electron chi connectivity index (χ3n) is 8.13. The Morgan fingerprint density at radius 3 is 1.84 bits per heavy atom. The van der Waals surface area contributed by atoms with E-state index in [9.17, 15) is 21.0 Å². The van der Waals surface area contributed by atoms with Gasteiger partial charge in [-0.2, -0.15) is 21.0 Å². The minimum Gasteiger partial charge on any atom is -0.192 e. The fourth-order valence-corrected chi connectivity index (χ4v) is 7.82. The van der Waals surface area contributed by atoms with E-state index in [1.54, 1.807) is 23.5 Å². The molecule has 0 saturated carbocycles. The molecule has 0 bridgehead atoms. The van der Waals surface area contributed by atoms with Crippen molar-refractivity contribution in [3.63, 3.8) is 0 Å². The first-order chi connectivity index (χ1) is 21.3. The summed E-state index contributed by atoms with van der Waals surface area (Å²) in [5, 5.41) is 37.0. The molecule has 0 aliphatic heterocycles. The second kappa shape index (κ2) is 19.6. The lowest BCUT2D eigenvalue weighted by Gasteiger charge is -2.20.